The summed E-state index contributed by atoms with van der Waals surface area (Å²) in [5, 5.41) is 3.58. The average Bonchev–Trinajstić information content (AvgIpc) is 3.30. The predicted molar refractivity (Wildman–Crippen MR) is 162 cm³/mol. The average molecular weight is 609 g/mol. The predicted octanol–water partition coefficient (Wildman–Crippen LogP) is 5.75. The van der Waals surface area contributed by atoms with Crippen molar-refractivity contribution in [3.8, 4) is 5.75 Å². The lowest BCUT2D eigenvalue weighted by Gasteiger charge is -2.29. The highest BCUT2D eigenvalue weighted by Gasteiger charge is 2.38. The summed E-state index contributed by atoms with van der Waals surface area (Å²) in [7, 11) is 0. The van der Waals surface area contributed by atoms with E-state index in [2.05, 4.69) is 15.2 Å². The maximum absolute atomic E-state index is 14.0. The van der Waals surface area contributed by atoms with Crippen LogP contribution in [0.4, 0.5) is 13.6 Å². The Kier molecular flexibility index (Phi) is 9.05. The molecule has 2 N–H and O–H groups in total. The Balaban J connectivity index is 1.44. The summed E-state index contributed by atoms with van der Waals surface area (Å²) < 4.78 is 38.7. The first-order valence-corrected chi connectivity index (χ1v) is 15.0. The second-order valence-electron chi connectivity index (χ2n) is 12.2. The molecule has 0 radical (unpaired) electrons. The quantitative estimate of drug-likeness (QED) is 0.332. The monoisotopic (exact) mass is 608 g/mol. The second kappa shape index (κ2) is 12.8. The van der Waals surface area contributed by atoms with E-state index < -0.39 is 41.1 Å². The van der Waals surface area contributed by atoms with Crippen molar-refractivity contribution >= 4 is 34.4 Å². The van der Waals surface area contributed by atoms with Crippen molar-refractivity contribution in [1.82, 2.24) is 20.1 Å². The highest BCUT2D eigenvalue weighted by molar-refractivity contribution is 6.18. The molecule has 5 rings (SSSR count). The summed E-state index contributed by atoms with van der Waals surface area (Å²) in [5.74, 6) is -3.12. The summed E-state index contributed by atoms with van der Waals surface area (Å²) in [4.78, 5) is 46.4. The van der Waals surface area contributed by atoms with Crippen molar-refractivity contribution in [1.29, 1.82) is 0 Å². The molecule has 3 heterocycles. The molecule has 0 atom stereocenters. The van der Waals surface area contributed by atoms with Crippen molar-refractivity contribution in [3.63, 3.8) is 0 Å². The van der Waals surface area contributed by atoms with Gasteiger partial charge < -0.3 is 29.6 Å². The van der Waals surface area contributed by atoms with Gasteiger partial charge in [-0.3, -0.25) is 4.79 Å². The molecule has 9 nitrogen and oxygen atoms in total. The Morgan fingerprint density at radius 2 is 1.77 bits per heavy atom. The van der Waals surface area contributed by atoms with E-state index >= 15 is 0 Å². The molecular weight excluding hydrogens is 570 g/mol. The van der Waals surface area contributed by atoms with Gasteiger partial charge in [-0.2, -0.15) is 0 Å². The molecule has 1 fully saturated rings. The molecule has 1 aromatic heterocycles. The lowest BCUT2D eigenvalue weighted by atomic mass is 9.81. The molecular formula is C33H38F2N4O5. The van der Waals surface area contributed by atoms with Gasteiger partial charge in [0.1, 0.15) is 5.75 Å². The molecule has 2 amide bonds. The van der Waals surface area contributed by atoms with Crippen LogP contribution in [0.25, 0.3) is 16.5 Å². The topological polar surface area (TPSA) is 104 Å². The van der Waals surface area contributed by atoms with E-state index in [0.717, 1.165) is 42.7 Å². The Morgan fingerprint density at radius 3 is 2.48 bits per heavy atom. The van der Waals surface area contributed by atoms with Crippen molar-refractivity contribution in [2.45, 2.75) is 58.5 Å². The van der Waals surface area contributed by atoms with Gasteiger partial charge in [-0.15, -0.1) is 0 Å². The molecule has 0 bridgehead atoms. The number of ether oxygens (including phenoxy) is 2. The van der Waals surface area contributed by atoms with E-state index in [1.165, 1.54) is 36.4 Å². The van der Waals surface area contributed by atoms with Gasteiger partial charge >= 0.3 is 12.1 Å². The van der Waals surface area contributed by atoms with E-state index in [1.807, 2.05) is 13.8 Å². The maximum atomic E-state index is 14.0. The van der Waals surface area contributed by atoms with E-state index in [9.17, 15) is 23.2 Å². The Labute approximate surface area is 255 Å². The van der Waals surface area contributed by atoms with Gasteiger partial charge in [0.2, 0.25) is 0 Å². The fourth-order valence-electron chi connectivity index (χ4n) is 5.92. The highest BCUT2D eigenvalue weighted by atomic mass is 19.2. The number of likely N-dealkylation sites (tertiary alicyclic amines) is 1. The van der Waals surface area contributed by atoms with Crippen LogP contribution in [-0.4, -0.2) is 71.6 Å². The Hall–Kier alpha value is -4.25. The van der Waals surface area contributed by atoms with E-state index in [1.54, 1.807) is 32.0 Å². The standard InChI is InChI=1S/C33H38F2N4O5/c1-20(2)43-31(41)24-18-39(30(40)21-8-11-25(34)26(35)16-21)19-33(3,4)28-23-10-9-22(17-27(23)37-29(24)28)44-32(42)36-12-15-38-13-6-5-7-14-38/h8-11,16-18,20,37H,5-7,12-15,19H2,1-4H3,(H,36,42). The minimum atomic E-state index is -1.14. The largest absolute Gasteiger partial charge is 0.459 e. The number of benzene rings is 2. The third kappa shape index (κ3) is 6.77. The molecule has 0 unspecified atom stereocenters. The molecule has 2 aliphatic rings. The van der Waals surface area contributed by atoms with Crippen molar-refractivity contribution in [2.75, 3.05) is 32.7 Å². The first kappa shape index (κ1) is 31.2. The zero-order valence-electron chi connectivity index (χ0n) is 25.5. The number of nitrogens with one attached hydrogen (secondary N) is 2. The number of rotatable bonds is 7. The summed E-state index contributed by atoms with van der Waals surface area (Å²) in [6, 6.07) is 8.13. The van der Waals surface area contributed by atoms with Crippen LogP contribution in [0, 0.1) is 11.6 Å². The van der Waals surface area contributed by atoms with Gasteiger partial charge in [-0.25, -0.2) is 18.4 Å². The maximum Gasteiger partial charge on any atom is 0.412 e. The van der Waals surface area contributed by atoms with E-state index in [-0.39, 0.29) is 17.7 Å². The molecule has 44 heavy (non-hydrogen) atoms. The first-order chi connectivity index (χ1) is 20.9. The summed E-state index contributed by atoms with van der Waals surface area (Å²) in [5.41, 5.74) is 1.18. The first-order valence-electron chi connectivity index (χ1n) is 15.0. The fraction of sp³-hybridized carbons (Fsp3) is 0.424. The van der Waals surface area contributed by atoms with Gasteiger partial charge in [-0.05, 0) is 75.7 Å². The Bertz CT molecular complexity index is 1610. The number of hydrogen-bond acceptors (Lipinski definition) is 6. The molecule has 0 spiro atoms. The van der Waals surface area contributed by atoms with Crippen molar-refractivity contribution < 1.29 is 32.6 Å². The number of H-pyrrole nitrogens is 1. The van der Waals surface area contributed by atoms with Crippen LogP contribution in [0.1, 0.15) is 68.6 Å². The van der Waals surface area contributed by atoms with Crippen LogP contribution in [0.2, 0.25) is 0 Å². The molecule has 1 saturated heterocycles. The number of amides is 2. The van der Waals surface area contributed by atoms with Crippen LogP contribution in [0.15, 0.2) is 42.6 Å². The van der Waals surface area contributed by atoms with Gasteiger partial charge in [0, 0.05) is 53.8 Å². The molecule has 2 aromatic carbocycles. The van der Waals surface area contributed by atoms with Crippen LogP contribution < -0.4 is 10.1 Å². The Morgan fingerprint density at radius 1 is 1.02 bits per heavy atom. The normalized spacial score (nSPS) is 16.7. The molecule has 0 saturated carbocycles. The summed E-state index contributed by atoms with van der Waals surface area (Å²) >= 11 is 0. The number of nitrogens with zero attached hydrogens (tertiary/aromatic N) is 2. The van der Waals surface area contributed by atoms with Crippen molar-refractivity contribution in [2.24, 2.45) is 0 Å². The van der Waals surface area contributed by atoms with Crippen LogP contribution in [0.5, 0.6) is 5.75 Å². The highest BCUT2D eigenvalue weighted by Crippen LogP contribution is 2.41. The van der Waals surface area contributed by atoms with Crippen molar-refractivity contribution in [3.05, 3.63) is 71.1 Å². The number of halogens is 2. The SMILES string of the molecule is CC(C)OC(=O)C1=CN(C(=O)c2ccc(F)c(F)c2)CC(C)(C)c2c1[nH]c1cc(OC(=O)NCCN3CCCCC3)ccc21. The zero-order valence-corrected chi connectivity index (χ0v) is 25.5. The van der Waals surface area contributed by atoms with Gasteiger partial charge in [0.05, 0.1) is 17.4 Å². The third-order valence-electron chi connectivity index (χ3n) is 7.91. The summed E-state index contributed by atoms with van der Waals surface area (Å²) in [6.45, 7) is 10.7. The lowest BCUT2D eigenvalue weighted by Crippen LogP contribution is -2.38. The molecule has 3 aromatic rings. The number of aromatic amines is 1. The number of hydrogen-bond donors (Lipinski definition) is 2. The number of piperidine rings is 1. The van der Waals surface area contributed by atoms with E-state index in [0.29, 0.717) is 23.5 Å². The number of carbonyl (C=O) groups excluding carboxylic acids is 3. The van der Waals surface area contributed by atoms with Gasteiger partial charge in [0.25, 0.3) is 5.91 Å². The minimum absolute atomic E-state index is 0.0565. The minimum Gasteiger partial charge on any atom is -0.459 e. The van der Waals surface area contributed by atoms with Gasteiger partial charge in [0.15, 0.2) is 11.6 Å². The molecule has 11 heteroatoms. The molecule has 0 aliphatic carbocycles. The zero-order chi connectivity index (χ0) is 31.6. The van der Waals surface area contributed by atoms with Crippen LogP contribution in [0.3, 0.4) is 0 Å². The number of aromatic nitrogens is 1. The summed E-state index contributed by atoms with van der Waals surface area (Å²) in [6.07, 6.45) is 4.01. The lowest BCUT2D eigenvalue weighted by molar-refractivity contribution is -0.140. The van der Waals surface area contributed by atoms with Crippen LogP contribution in [-0.2, 0) is 14.9 Å². The fourth-order valence-corrected chi connectivity index (χ4v) is 5.92. The smallest absolute Gasteiger partial charge is 0.412 e. The number of esters is 1. The third-order valence-corrected chi connectivity index (χ3v) is 7.91. The number of carbonyl (C=O) groups is 3. The van der Waals surface area contributed by atoms with Gasteiger partial charge in [-0.1, -0.05) is 20.3 Å². The number of fused-ring (bicyclic) bond motifs is 3. The van der Waals surface area contributed by atoms with Crippen LogP contribution >= 0.6 is 0 Å². The second-order valence-corrected chi connectivity index (χ2v) is 12.2. The molecule has 234 valence electrons. The van der Waals surface area contributed by atoms with E-state index in [4.69, 9.17) is 9.47 Å². The molecule has 2 aliphatic heterocycles.